The van der Waals surface area contributed by atoms with E-state index in [0.717, 1.165) is 17.5 Å². The van der Waals surface area contributed by atoms with Gasteiger partial charge in [0.25, 0.3) is 0 Å². The first-order chi connectivity index (χ1) is 7.07. The van der Waals surface area contributed by atoms with Gasteiger partial charge in [-0.25, -0.2) is 0 Å². The average Bonchev–Trinajstić information content (AvgIpc) is 2.45. The lowest BCUT2D eigenvalue weighted by Crippen LogP contribution is -2.42. The van der Waals surface area contributed by atoms with E-state index in [-0.39, 0.29) is 18.1 Å². The Hall–Kier alpha value is -0.0900. The third-order valence-electron chi connectivity index (χ3n) is 2.63. The Labute approximate surface area is 111 Å². The summed E-state index contributed by atoms with van der Waals surface area (Å²) in [5.74, 6) is 0. The zero-order chi connectivity index (χ0) is 10.9. The summed E-state index contributed by atoms with van der Waals surface area (Å²) in [6, 6.07) is 8.81. The summed E-state index contributed by atoms with van der Waals surface area (Å²) in [5, 5.41) is 3.46. The predicted molar refractivity (Wildman–Crippen MR) is 72.0 cm³/mol. The van der Waals surface area contributed by atoms with Crippen LogP contribution in [-0.2, 0) is 11.2 Å². The number of benzene rings is 1. The molecule has 1 fully saturated rings. The highest BCUT2D eigenvalue weighted by Gasteiger charge is 2.33. The van der Waals surface area contributed by atoms with Crippen LogP contribution < -0.4 is 5.32 Å². The first kappa shape index (κ1) is 14.0. The predicted octanol–water partition coefficient (Wildman–Crippen LogP) is 3.14. The first-order valence-electron chi connectivity index (χ1n) is 5.23. The summed E-state index contributed by atoms with van der Waals surface area (Å²) in [4.78, 5) is 0. The summed E-state index contributed by atoms with van der Waals surface area (Å²) in [7, 11) is 0. The SMILES string of the molecule is CC1COC(C)(Cc2cccc(Br)c2)N1.Cl. The van der Waals surface area contributed by atoms with Crippen molar-refractivity contribution in [3.05, 3.63) is 34.3 Å². The number of rotatable bonds is 2. The van der Waals surface area contributed by atoms with Crippen molar-refractivity contribution in [3.8, 4) is 0 Å². The summed E-state index contributed by atoms with van der Waals surface area (Å²) in [6.07, 6.45) is 0.900. The number of nitrogens with one attached hydrogen (secondary N) is 1. The lowest BCUT2D eigenvalue weighted by molar-refractivity contribution is 0.00690. The minimum atomic E-state index is -0.208. The lowest BCUT2D eigenvalue weighted by atomic mass is 10.0. The lowest BCUT2D eigenvalue weighted by Gasteiger charge is -2.24. The topological polar surface area (TPSA) is 21.3 Å². The second-order valence-electron chi connectivity index (χ2n) is 4.39. The molecule has 0 saturated carbocycles. The van der Waals surface area contributed by atoms with Crippen LogP contribution in [-0.4, -0.2) is 18.4 Å². The molecule has 2 nitrogen and oxygen atoms in total. The molecule has 0 amide bonds. The quantitative estimate of drug-likeness (QED) is 0.906. The molecule has 2 atom stereocenters. The highest BCUT2D eigenvalue weighted by Crippen LogP contribution is 2.22. The molecule has 0 spiro atoms. The highest BCUT2D eigenvalue weighted by molar-refractivity contribution is 9.10. The van der Waals surface area contributed by atoms with Crippen molar-refractivity contribution in [1.82, 2.24) is 5.32 Å². The van der Waals surface area contributed by atoms with Gasteiger partial charge in [-0.15, -0.1) is 12.4 Å². The summed E-state index contributed by atoms with van der Waals surface area (Å²) in [6.45, 7) is 5.05. The minimum absolute atomic E-state index is 0. The van der Waals surface area contributed by atoms with Gasteiger partial charge in [0.1, 0.15) is 5.72 Å². The Morgan fingerprint density at radius 1 is 1.56 bits per heavy atom. The molecule has 0 aliphatic carbocycles. The van der Waals surface area contributed by atoms with Gasteiger partial charge in [0, 0.05) is 16.9 Å². The number of ether oxygens (including phenoxy) is 1. The molecule has 1 heterocycles. The highest BCUT2D eigenvalue weighted by atomic mass is 79.9. The summed E-state index contributed by atoms with van der Waals surface area (Å²) < 4.78 is 6.89. The molecule has 0 radical (unpaired) electrons. The molecule has 2 unspecified atom stereocenters. The maximum Gasteiger partial charge on any atom is 0.120 e. The summed E-state index contributed by atoms with van der Waals surface area (Å²) in [5.41, 5.74) is 1.08. The molecule has 16 heavy (non-hydrogen) atoms. The van der Waals surface area contributed by atoms with Gasteiger partial charge in [0.15, 0.2) is 0 Å². The number of hydrogen-bond acceptors (Lipinski definition) is 2. The summed E-state index contributed by atoms with van der Waals surface area (Å²) >= 11 is 3.48. The van der Waals surface area contributed by atoms with Crippen LogP contribution in [0.4, 0.5) is 0 Å². The number of hydrogen-bond donors (Lipinski definition) is 1. The molecule has 1 N–H and O–H groups in total. The van der Waals surface area contributed by atoms with Gasteiger partial charge in [-0.3, -0.25) is 5.32 Å². The average molecular weight is 307 g/mol. The monoisotopic (exact) mass is 305 g/mol. The molecule has 1 aliphatic heterocycles. The smallest absolute Gasteiger partial charge is 0.120 e. The van der Waals surface area contributed by atoms with Crippen molar-refractivity contribution in [2.75, 3.05) is 6.61 Å². The van der Waals surface area contributed by atoms with Gasteiger partial charge < -0.3 is 4.74 Å². The Morgan fingerprint density at radius 2 is 2.31 bits per heavy atom. The Morgan fingerprint density at radius 3 is 2.88 bits per heavy atom. The van der Waals surface area contributed by atoms with Gasteiger partial charge in [0.2, 0.25) is 0 Å². The third kappa shape index (κ3) is 3.45. The largest absolute Gasteiger partial charge is 0.359 e. The molecule has 2 rings (SSSR count). The van der Waals surface area contributed by atoms with E-state index in [9.17, 15) is 0 Å². The molecular formula is C12H17BrClNO. The Balaban J connectivity index is 0.00000128. The molecular weight excluding hydrogens is 289 g/mol. The van der Waals surface area contributed by atoms with Crippen LogP contribution in [0.3, 0.4) is 0 Å². The molecule has 1 saturated heterocycles. The molecule has 1 aliphatic rings. The van der Waals surface area contributed by atoms with Crippen LogP contribution in [0.1, 0.15) is 19.4 Å². The van der Waals surface area contributed by atoms with Crippen LogP contribution in [0.25, 0.3) is 0 Å². The van der Waals surface area contributed by atoms with Crippen LogP contribution >= 0.6 is 28.3 Å². The van der Waals surface area contributed by atoms with E-state index in [0.29, 0.717) is 6.04 Å². The van der Waals surface area contributed by atoms with Gasteiger partial charge in [0.05, 0.1) is 6.61 Å². The van der Waals surface area contributed by atoms with Gasteiger partial charge in [-0.05, 0) is 31.5 Å². The second-order valence-corrected chi connectivity index (χ2v) is 5.31. The molecule has 4 heteroatoms. The van der Waals surface area contributed by atoms with E-state index in [1.165, 1.54) is 5.56 Å². The van der Waals surface area contributed by atoms with E-state index in [2.05, 4.69) is 53.3 Å². The van der Waals surface area contributed by atoms with Crippen molar-refractivity contribution in [2.45, 2.75) is 32.0 Å². The minimum Gasteiger partial charge on any atom is -0.359 e. The van der Waals surface area contributed by atoms with Crippen molar-refractivity contribution in [1.29, 1.82) is 0 Å². The molecule has 0 aromatic heterocycles. The standard InChI is InChI=1S/C12H16BrNO.ClH/c1-9-8-15-12(2,14-9)7-10-4-3-5-11(13)6-10;/h3-6,9,14H,7-8H2,1-2H3;1H. The van der Waals surface area contributed by atoms with E-state index < -0.39 is 0 Å². The van der Waals surface area contributed by atoms with E-state index >= 15 is 0 Å². The molecule has 1 aromatic rings. The first-order valence-corrected chi connectivity index (χ1v) is 6.03. The van der Waals surface area contributed by atoms with Crippen LogP contribution in [0.5, 0.6) is 0 Å². The second kappa shape index (κ2) is 5.50. The normalized spacial score (nSPS) is 28.8. The van der Waals surface area contributed by atoms with Gasteiger partial charge in [-0.1, -0.05) is 28.1 Å². The maximum absolute atomic E-state index is 5.77. The number of halogens is 2. The zero-order valence-corrected chi connectivity index (χ0v) is 11.9. The fourth-order valence-electron chi connectivity index (χ4n) is 2.05. The molecule has 1 aromatic carbocycles. The van der Waals surface area contributed by atoms with Crippen molar-refractivity contribution in [2.24, 2.45) is 0 Å². The van der Waals surface area contributed by atoms with Gasteiger partial charge >= 0.3 is 0 Å². The van der Waals surface area contributed by atoms with Gasteiger partial charge in [-0.2, -0.15) is 0 Å². The fraction of sp³-hybridized carbons (Fsp3) is 0.500. The van der Waals surface area contributed by atoms with Crippen LogP contribution in [0.2, 0.25) is 0 Å². The van der Waals surface area contributed by atoms with Crippen molar-refractivity contribution < 1.29 is 4.74 Å². The van der Waals surface area contributed by atoms with E-state index in [4.69, 9.17) is 4.74 Å². The van der Waals surface area contributed by atoms with E-state index in [1.807, 2.05) is 6.07 Å². The molecule has 90 valence electrons. The maximum atomic E-state index is 5.77. The van der Waals surface area contributed by atoms with Crippen LogP contribution in [0.15, 0.2) is 28.7 Å². The van der Waals surface area contributed by atoms with Crippen molar-refractivity contribution >= 4 is 28.3 Å². The Bertz CT molecular complexity index is 361. The van der Waals surface area contributed by atoms with E-state index in [1.54, 1.807) is 0 Å². The fourth-order valence-corrected chi connectivity index (χ4v) is 2.50. The van der Waals surface area contributed by atoms with Crippen LogP contribution in [0, 0.1) is 0 Å². The zero-order valence-electron chi connectivity index (χ0n) is 9.50. The third-order valence-corrected chi connectivity index (χ3v) is 3.13. The Kier molecular flexibility index (Phi) is 4.80. The van der Waals surface area contributed by atoms with Crippen molar-refractivity contribution in [3.63, 3.8) is 0 Å². The molecule has 0 bridgehead atoms.